The molecule has 1 aromatic heterocycles. The van der Waals surface area contributed by atoms with Crippen LogP contribution < -0.4 is 5.73 Å². The zero-order valence-electron chi connectivity index (χ0n) is 11.4. The van der Waals surface area contributed by atoms with E-state index in [4.69, 9.17) is 10.7 Å². The predicted molar refractivity (Wildman–Crippen MR) is 75.8 cm³/mol. The molecule has 3 rings (SSSR count). The van der Waals surface area contributed by atoms with E-state index in [1.807, 2.05) is 0 Å². The molecule has 94 valence electrons. The van der Waals surface area contributed by atoms with Crippen molar-refractivity contribution in [2.24, 2.45) is 5.73 Å². The van der Waals surface area contributed by atoms with Crippen molar-refractivity contribution < 1.29 is 0 Å². The minimum Gasteiger partial charge on any atom is -0.324 e. The summed E-state index contributed by atoms with van der Waals surface area (Å²) in [6.45, 7) is 6.38. The highest BCUT2D eigenvalue weighted by Crippen LogP contribution is 2.34. The first-order valence-corrected chi connectivity index (χ1v) is 6.76. The van der Waals surface area contributed by atoms with Gasteiger partial charge in [0, 0.05) is 17.1 Å². The molecule has 1 atom stereocenters. The lowest BCUT2D eigenvalue weighted by Crippen LogP contribution is -2.11. The fourth-order valence-corrected chi connectivity index (χ4v) is 3.27. The number of nitrogens with two attached hydrogens (primary N) is 1. The molecule has 2 heteroatoms. The lowest BCUT2D eigenvalue weighted by molar-refractivity contribution is 0.806. The number of aromatic nitrogens is 1. The van der Waals surface area contributed by atoms with Gasteiger partial charge in [-0.1, -0.05) is 11.6 Å². The molecule has 0 spiro atoms. The molecule has 0 saturated heterocycles. The van der Waals surface area contributed by atoms with Crippen LogP contribution in [0, 0.1) is 13.8 Å². The first-order valence-electron chi connectivity index (χ1n) is 6.76. The van der Waals surface area contributed by atoms with E-state index < -0.39 is 0 Å². The maximum Gasteiger partial charge on any atom is 0.0738 e. The van der Waals surface area contributed by atoms with Crippen molar-refractivity contribution in [3.8, 4) is 0 Å². The second-order valence-corrected chi connectivity index (χ2v) is 5.57. The molecule has 2 nitrogen and oxygen atoms in total. The Balaban J connectivity index is 2.46. The Morgan fingerprint density at radius 3 is 2.72 bits per heavy atom. The average molecular weight is 240 g/mol. The first-order chi connectivity index (χ1) is 8.58. The van der Waals surface area contributed by atoms with Gasteiger partial charge in [0.25, 0.3) is 0 Å². The van der Waals surface area contributed by atoms with Crippen LogP contribution >= 0.6 is 0 Å². The van der Waals surface area contributed by atoms with Gasteiger partial charge in [-0.25, -0.2) is 0 Å². The Kier molecular flexibility index (Phi) is 2.63. The second-order valence-electron chi connectivity index (χ2n) is 5.57. The lowest BCUT2D eigenvalue weighted by atomic mass is 9.94. The summed E-state index contributed by atoms with van der Waals surface area (Å²) in [6.07, 6.45) is 3.47. The van der Waals surface area contributed by atoms with Gasteiger partial charge in [0.2, 0.25) is 0 Å². The zero-order chi connectivity index (χ0) is 12.9. The van der Waals surface area contributed by atoms with Gasteiger partial charge in [-0.3, -0.25) is 4.98 Å². The van der Waals surface area contributed by atoms with E-state index in [-0.39, 0.29) is 6.04 Å². The average Bonchev–Trinajstić information content (AvgIpc) is 2.73. The third kappa shape index (κ3) is 1.64. The van der Waals surface area contributed by atoms with Crippen LogP contribution in [0.2, 0.25) is 0 Å². The molecular formula is C16H20N2. The second kappa shape index (κ2) is 4.06. The summed E-state index contributed by atoms with van der Waals surface area (Å²) in [7, 11) is 0. The number of benzene rings is 1. The van der Waals surface area contributed by atoms with Crippen molar-refractivity contribution in [1.29, 1.82) is 0 Å². The molecule has 2 N–H and O–H groups in total. The Morgan fingerprint density at radius 2 is 2.00 bits per heavy atom. The highest BCUT2D eigenvalue weighted by molar-refractivity contribution is 5.87. The number of fused-ring (bicyclic) bond motifs is 2. The largest absolute Gasteiger partial charge is 0.324 e. The highest BCUT2D eigenvalue weighted by atomic mass is 14.7. The first kappa shape index (κ1) is 11.7. The molecule has 0 saturated carbocycles. The molecule has 1 aromatic carbocycles. The molecule has 1 aliphatic rings. The summed E-state index contributed by atoms with van der Waals surface area (Å²) in [6, 6.07) is 4.54. The fraction of sp³-hybridized carbons (Fsp3) is 0.438. The van der Waals surface area contributed by atoms with E-state index in [2.05, 4.69) is 32.9 Å². The topological polar surface area (TPSA) is 38.9 Å². The van der Waals surface area contributed by atoms with E-state index in [1.165, 1.54) is 39.8 Å². The summed E-state index contributed by atoms with van der Waals surface area (Å²) in [5, 5.41) is 1.27. The third-order valence-electron chi connectivity index (χ3n) is 3.95. The van der Waals surface area contributed by atoms with E-state index in [1.54, 1.807) is 0 Å². The predicted octanol–water partition coefficient (Wildman–Crippen LogP) is 3.36. The lowest BCUT2D eigenvalue weighted by Gasteiger charge is -2.17. The number of hydrogen-bond acceptors (Lipinski definition) is 2. The number of hydrogen-bond donors (Lipinski definition) is 1. The quantitative estimate of drug-likeness (QED) is 0.830. The van der Waals surface area contributed by atoms with Crippen LogP contribution in [0.3, 0.4) is 0 Å². The summed E-state index contributed by atoms with van der Waals surface area (Å²) in [4.78, 5) is 4.88. The Labute approximate surface area is 108 Å². The van der Waals surface area contributed by atoms with Crippen molar-refractivity contribution >= 4 is 10.9 Å². The number of nitrogens with zero attached hydrogens (tertiary/aromatic N) is 1. The summed E-state index contributed by atoms with van der Waals surface area (Å²) >= 11 is 0. The van der Waals surface area contributed by atoms with Crippen molar-refractivity contribution in [3.63, 3.8) is 0 Å². The maximum absolute atomic E-state index is 6.23. The summed E-state index contributed by atoms with van der Waals surface area (Å²) < 4.78 is 0. The van der Waals surface area contributed by atoms with Gasteiger partial charge in [-0.15, -0.1) is 0 Å². The zero-order valence-corrected chi connectivity index (χ0v) is 11.4. The standard InChI is InChI=1S/C16H20N2/c1-9-7-10(2)16-13(8-9)15(11(3)17)12-5-4-6-14(12)18-16/h7-8,11H,4-6,17H2,1-3H3. The number of pyridine rings is 1. The monoisotopic (exact) mass is 240 g/mol. The van der Waals surface area contributed by atoms with E-state index in [0.29, 0.717) is 0 Å². The minimum absolute atomic E-state index is 0.0866. The molecule has 0 bridgehead atoms. The molecule has 0 radical (unpaired) electrons. The van der Waals surface area contributed by atoms with Gasteiger partial charge in [-0.05, 0) is 62.8 Å². The van der Waals surface area contributed by atoms with Gasteiger partial charge in [0.1, 0.15) is 0 Å². The molecule has 0 amide bonds. The van der Waals surface area contributed by atoms with Crippen LogP contribution in [-0.2, 0) is 12.8 Å². The normalized spacial score (nSPS) is 16.0. The summed E-state index contributed by atoms with van der Waals surface area (Å²) in [5.41, 5.74) is 14.0. The molecule has 1 unspecified atom stereocenters. The Hall–Kier alpha value is -1.41. The molecule has 0 aliphatic heterocycles. The smallest absolute Gasteiger partial charge is 0.0738 e. The molecule has 1 aliphatic carbocycles. The van der Waals surface area contributed by atoms with Crippen molar-refractivity contribution in [3.05, 3.63) is 40.1 Å². The van der Waals surface area contributed by atoms with Gasteiger partial charge in [0.05, 0.1) is 5.52 Å². The third-order valence-corrected chi connectivity index (χ3v) is 3.95. The SMILES string of the molecule is Cc1cc(C)c2nc3c(c(C(C)N)c2c1)CCC3. The molecular weight excluding hydrogens is 220 g/mol. The van der Waals surface area contributed by atoms with Gasteiger partial charge < -0.3 is 5.73 Å². The summed E-state index contributed by atoms with van der Waals surface area (Å²) in [5.74, 6) is 0. The van der Waals surface area contributed by atoms with Crippen LogP contribution in [0.1, 0.15) is 47.3 Å². The van der Waals surface area contributed by atoms with Crippen LogP contribution in [0.4, 0.5) is 0 Å². The van der Waals surface area contributed by atoms with Crippen molar-refractivity contribution in [1.82, 2.24) is 4.98 Å². The fourth-order valence-electron chi connectivity index (χ4n) is 3.27. The van der Waals surface area contributed by atoms with E-state index in [9.17, 15) is 0 Å². The minimum atomic E-state index is 0.0866. The Bertz CT molecular complexity index is 627. The van der Waals surface area contributed by atoms with Crippen LogP contribution in [0.25, 0.3) is 10.9 Å². The van der Waals surface area contributed by atoms with Crippen molar-refractivity contribution in [2.75, 3.05) is 0 Å². The highest BCUT2D eigenvalue weighted by Gasteiger charge is 2.22. The Morgan fingerprint density at radius 1 is 1.22 bits per heavy atom. The van der Waals surface area contributed by atoms with Gasteiger partial charge >= 0.3 is 0 Å². The molecule has 0 fully saturated rings. The van der Waals surface area contributed by atoms with E-state index >= 15 is 0 Å². The van der Waals surface area contributed by atoms with Gasteiger partial charge in [0.15, 0.2) is 0 Å². The number of aryl methyl sites for hydroxylation is 3. The van der Waals surface area contributed by atoms with Crippen molar-refractivity contribution in [2.45, 2.75) is 46.1 Å². The number of rotatable bonds is 1. The van der Waals surface area contributed by atoms with Gasteiger partial charge in [-0.2, -0.15) is 0 Å². The van der Waals surface area contributed by atoms with Crippen LogP contribution in [-0.4, -0.2) is 4.98 Å². The molecule has 2 aromatic rings. The van der Waals surface area contributed by atoms with Crippen LogP contribution in [0.15, 0.2) is 12.1 Å². The molecule has 18 heavy (non-hydrogen) atoms. The molecule has 1 heterocycles. The van der Waals surface area contributed by atoms with Crippen LogP contribution in [0.5, 0.6) is 0 Å². The van der Waals surface area contributed by atoms with E-state index in [0.717, 1.165) is 18.4 Å². The maximum atomic E-state index is 6.23.